The molecule has 1 aromatic rings. The lowest BCUT2D eigenvalue weighted by atomic mass is 10.0. The molecule has 0 aliphatic heterocycles. The number of aryl methyl sites for hydroxylation is 1. The Hall–Kier alpha value is -1.35. The lowest BCUT2D eigenvalue weighted by Crippen LogP contribution is -2.03. The summed E-state index contributed by atoms with van der Waals surface area (Å²) < 4.78 is 0. The number of nitrogen functional groups attached to an aromatic ring is 1. The van der Waals surface area contributed by atoms with Gasteiger partial charge in [-0.1, -0.05) is 12.1 Å². The maximum absolute atomic E-state index is 7.22. The van der Waals surface area contributed by atoms with Crippen LogP contribution in [-0.2, 0) is 6.42 Å². The predicted octanol–water partition coefficient (Wildman–Crippen LogP) is 1.16. The van der Waals surface area contributed by atoms with Gasteiger partial charge in [-0.3, -0.25) is 0 Å². The van der Waals surface area contributed by atoms with Crippen LogP contribution in [0.4, 0.5) is 5.69 Å². The molecule has 0 aliphatic rings. The number of nitrogens with two attached hydrogens (primary N) is 2. The van der Waals surface area contributed by atoms with Crippen LogP contribution >= 0.6 is 0 Å². The quantitative estimate of drug-likeness (QED) is 0.476. The summed E-state index contributed by atoms with van der Waals surface area (Å²) >= 11 is 0. The monoisotopic (exact) mass is 177 g/mol. The fourth-order valence-electron chi connectivity index (χ4n) is 1.32. The minimum atomic E-state index is 0.671. The molecule has 70 valence electrons. The van der Waals surface area contributed by atoms with Gasteiger partial charge in [0.15, 0.2) is 0 Å². The topological polar surface area (TPSA) is 75.9 Å². The Morgan fingerprint density at radius 1 is 1.38 bits per heavy atom. The summed E-state index contributed by atoms with van der Waals surface area (Å²) in [4.78, 5) is 0. The van der Waals surface area contributed by atoms with Crippen LogP contribution in [0.1, 0.15) is 17.5 Å². The van der Waals surface area contributed by atoms with E-state index < -0.39 is 0 Å². The summed E-state index contributed by atoms with van der Waals surface area (Å²) in [6.45, 7) is 0.673. The van der Waals surface area contributed by atoms with Gasteiger partial charge >= 0.3 is 0 Å². The molecule has 0 spiro atoms. The van der Waals surface area contributed by atoms with E-state index in [-0.39, 0.29) is 0 Å². The largest absolute Gasteiger partial charge is 0.398 e. The second kappa shape index (κ2) is 4.62. The van der Waals surface area contributed by atoms with Gasteiger partial charge in [0, 0.05) is 17.5 Å². The third-order valence-electron chi connectivity index (χ3n) is 2.02. The van der Waals surface area contributed by atoms with Crippen LogP contribution in [0.2, 0.25) is 0 Å². The number of nitrogens with one attached hydrogen (secondary N) is 1. The smallest absolute Gasteiger partial charge is 0.0405 e. The fraction of sp³-hybridized carbons (Fsp3) is 0.300. The molecule has 0 amide bonds. The SMILES string of the molecule is N=Cc1c(N)cccc1CCCN. The van der Waals surface area contributed by atoms with Gasteiger partial charge in [-0.15, -0.1) is 0 Å². The molecule has 0 aromatic heterocycles. The van der Waals surface area contributed by atoms with Crippen molar-refractivity contribution in [2.45, 2.75) is 12.8 Å². The van der Waals surface area contributed by atoms with E-state index in [1.165, 1.54) is 6.21 Å². The zero-order valence-corrected chi connectivity index (χ0v) is 7.59. The summed E-state index contributed by atoms with van der Waals surface area (Å²) in [5.74, 6) is 0. The Morgan fingerprint density at radius 3 is 2.77 bits per heavy atom. The van der Waals surface area contributed by atoms with E-state index in [0.717, 1.165) is 24.0 Å². The van der Waals surface area contributed by atoms with Crippen molar-refractivity contribution in [1.29, 1.82) is 5.41 Å². The second-order valence-corrected chi connectivity index (χ2v) is 2.96. The van der Waals surface area contributed by atoms with Crippen molar-refractivity contribution in [1.82, 2.24) is 0 Å². The van der Waals surface area contributed by atoms with E-state index in [9.17, 15) is 0 Å². The predicted molar refractivity (Wildman–Crippen MR) is 56.1 cm³/mol. The molecule has 0 saturated heterocycles. The summed E-state index contributed by atoms with van der Waals surface area (Å²) in [7, 11) is 0. The van der Waals surface area contributed by atoms with Crippen molar-refractivity contribution in [2.24, 2.45) is 5.73 Å². The number of anilines is 1. The van der Waals surface area contributed by atoms with E-state index in [4.69, 9.17) is 16.9 Å². The summed E-state index contributed by atoms with van der Waals surface area (Å²) in [5.41, 5.74) is 13.8. The Bertz CT molecular complexity index is 294. The normalized spacial score (nSPS) is 9.92. The maximum atomic E-state index is 7.22. The van der Waals surface area contributed by atoms with Crippen LogP contribution in [0.5, 0.6) is 0 Å². The highest BCUT2D eigenvalue weighted by Crippen LogP contribution is 2.15. The van der Waals surface area contributed by atoms with Gasteiger partial charge in [0.25, 0.3) is 0 Å². The minimum Gasteiger partial charge on any atom is -0.398 e. The van der Waals surface area contributed by atoms with Gasteiger partial charge in [-0.25, -0.2) is 0 Å². The molecule has 3 heteroatoms. The van der Waals surface area contributed by atoms with E-state index >= 15 is 0 Å². The third kappa shape index (κ3) is 2.29. The lowest BCUT2D eigenvalue weighted by molar-refractivity contribution is 0.832. The number of rotatable bonds is 4. The molecule has 0 saturated carbocycles. The average Bonchev–Trinajstić information content (AvgIpc) is 2.15. The molecule has 0 fully saturated rings. The molecule has 0 atom stereocenters. The molecule has 0 bridgehead atoms. The van der Waals surface area contributed by atoms with Gasteiger partial charge in [-0.2, -0.15) is 0 Å². The van der Waals surface area contributed by atoms with Gasteiger partial charge < -0.3 is 16.9 Å². The number of hydrogen-bond acceptors (Lipinski definition) is 3. The van der Waals surface area contributed by atoms with Crippen LogP contribution < -0.4 is 11.5 Å². The Kier molecular flexibility index (Phi) is 3.46. The second-order valence-electron chi connectivity index (χ2n) is 2.96. The molecular formula is C10H15N3. The highest BCUT2D eigenvalue weighted by molar-refractivity contribution is 5.86. The Morgan fingerprint density at radius 2 is 2.15 bits per heavy atom. The van der Waals surface area contributed by atoms with Crippen LogP contribution in [0.25, 0.3) is 0 Å². The van der Waals surface area contributed by atoms with E-state index in [2.05, 4.69) is 0 Å². The zero-order valence-electron chi connectivity index (χ0n) is 7.59. The first-order valence-electron chi connectivity index (χ1n) is 4.37. The third-order valence-corrected chi connectivity index (χ3v) is 2.02. The van der Waals surface area contributed by atoms with Crippen LogP contribution in [-0.4, -0.2) is 12.8 Å². The molecule has 1 rings (SSSR count). The first-order chi connectivity index (χ1) is 6.29. The molecular weight excluding hydrogens is 162 g/mol. The lowest BCUT2D eigenvalue weighted by Gasteiger charge is -2.06. The van der Waals surface area contributed by atoms with Gasteiger partial charge in [0.1, 0.15) is 0 Å². The average molecular weight is 177 g/mol. The number of benzene rings is 1. The molecule has 1 aromatic carbocycles. The molecule has 0 heterocycles. The first kappa shape index (κ1) is 9.74. The molecule has 13 heavy (non-hydrogen) atoms. The highest BCUT2D eigenvalue weighted by atomic mass is 14.6. The van der Waals surface area contributed by atoms with E-state index in [1.807, 2.05) is 18.2 Å². The zero-order chi connectivity index (χ0) is 9.68. The molecule has 0 radical (unpaired) electrons. The van der Waals surface area contributed by atoms with Crippen molar-refractivity contribution < 1.29 is 0 Å². The summed E-state index contributed by atoms with van der Waals surface area (Å²) in [6.07, 6.45) is 3.14. The van der Waals surface area contributed by atoms with Gasteiger partial charge in [0.2, 0.25) is 0 Å². The van der Waals surface area contributed by atoms with Crippen LogP contribution in [0.15, 0.2) is 18.2 Å². The molecule has 5 N–H and O–H groups in total. The van der Waals surface area contributed by atoms with Crippen molar-refractivity contribution in [3.05, 3.63) is 29.3 Å². The highest BCUT2D eigenvalue weighted by Gasteiger charge is 2.02. The molecule has 3 nitrogen and oxygen atoms in total. The van der Waals surface area contributed by atoms with Crippen LogP contribution in [0.3, 0.4) is 0 Å². The van der Waals surface area contributed by atoms with E-state index in [1.54, 1.807) is 0 Å². The van der Waals surface area contributed by atoms with E-state index in [0.29, 0.717) is 12.2 Å². The van der Waals surface area contributed by atoms with Crippen molar-refractivity contribution in [3.63, 3.8) is 0 Å². The van der Waals surface area contributed by atoms with Gasteiger partial charge in [0.05, 0.1) is 0 Å². The summed E-state index contributed by atoms with van der Waals surface area (Å²) in [5, 5.41) is 7.22. The van der Waals surface area contributed by atoms with Crippen LogP contribution in [0, 0.1) is 5.41 Å². The van der Waals surface area contributed by atoms with Gasteiger partial charge in [-0.05, 0) is 31.0 Å². The molecule has 0 aliphatic carbocycles. The van der Waals surface area contributed by atoms with Crippen molar-refractivity contribution in [3.8, 4) is 0 Å². The van der Waals surface area contributed by atoms with Crippen molar-refractivity contribution in [2.75, 3.05) is 12.3 Å². The number of hydrogen-bond donors (Lipinski definition) is 3. The Labute approximate surface area is 78.3 Å². The standard InChI is InChI=1S/C10H15N3/c11-6-2-4-8-3-1-5-10(13)9(8)7-12/h1,3,5,7,12H,2,4,6,11,13H2. The maximum Gasteiger partial charge on any atom is 0.0405 e. The molecule has 0 unspecified atom stereocenters. The Balaban J connectivity index is 2.91. The minimum absolute atomic E-state index is 0.671. The van der Waals surface area contributed by atoms with Crippen molar-refractivity contribution >= 4 is 11.9 Å². The summed E-state index contributed by atoms with van der Waals surface area (Å²) in [6, 6.07) is 5.72. The first-order valence-corrected chi connectivity index (χ1v) is 4.37. The fourth-order valence-corrected chi connectivity index (χ4v) is 1.32.